The van der Waals surface area contributed by atoms with Crippen LogP contribution in [0.4, 0.5) is 10.6 Å². The number of aromatic nitrogens is 4. The number of carbonyl (C=O) groups is 1. The van der Waals surface area contributed by atoms with E-state index in [1.807, 2.05) is 26.0 Å². The maximum atomic E-state index is 11.9. The number of urea groups is 1. The predicted molar refractivity (Wildman–Crippen MR) is 95.2 cm³/mol. The molecule has 0 atom stereocenters. The van der Waals surface area contributed by atoms with Gasteiger partial charge >= 0.3 is 6.03 Å². The standard InChI is InChI=1S/C17H20N6O2/c1-11(2)25-6-5-18-17(24)23-16-4-3-14-15(22-16)7-12(8-19-14)13-9-20-21-10-13/h3-4,7-11H,5-6H2,1-2H3,(H,20,21)(H2,18,22,23,24). The summed E-state index contributed by atoms with van der Waals surface area (Å²) >= 11 is 0. The van der Waals surface area contributed by atoms with E-state index < -0.39 is 0 Å². The van der Waals surface area contributed by atoms with Gasteiger partial charge in [-0.15, -0.1) is 0 Å². The number of H-pyrrole nitrogens is 1. The van der Waals surface area contributed by atoms with Gasteiger partial charge < -0.3 is 10.1 Å². The second-order valence-corrected chi connectivity index (χ2v) is 5.75. The van der Waals surface area contributed by atoms with Crippen molar-refractivity contribution in [2.45, 2.75) is 20.0 Å². The van der Waals surface area contributed by atoms with Crippen molar-refractivity contribution in [1.82, 2.24) is 25.5 Å². The molecule has 0 aromatic carbocycles. The molecule has 0 bridgehead atoms. The molecule has 0 fully saturated rings. The molecule has 130 valence electrons. The summed E-state index contributed by atoms with van der Waals surface area (Å²) in [5, 5.41) is 12.1. The molecule has 3 aromatic rings. The average molecular weight is 340 g/mol. The molecule has 0 spiro atoms. The Morgan fingerprint density at radius 2 is 2.12 bits per heavy atom. The zero-order chi connectivity index (χ0) is 17.6. The van der Waals surface area contributed by atoms with Crippen molar-refractivity contribution in [3.8, 4) is 11.1 Å². The van der Waals surface area contributed by atoms with Crippen LogP contribution in [0.2, 0.25) is 0 Å². The van der Waals surface area contributed by atoms with Crippen molar-refractivity contribution in [3.63, 3.8) is 0 Å². The van der Waals surface area contributed by atoms with Gasteiger partial charge in [-0.2, -0.15) is 5.10 Å². The Morgan fingerprint density at radius 1 is 1.24 bits per heavy atom. The number of hydrogen-bond donors (Lipinski definition) is 3. The Bertz CT molecular complexity index is 847. The molecule has 0 radical (unpaired) electrons. The number of carbonyl (C=O) groups excluding carboxylic acids is 1. The van der Waals surface area contributed by atoms with E-state index in [0.29, 0.717) is 24.5 Å². The lowest BCUT2D eigenvalue weighted by Gasteiger charge is -2.10. The van der Waals surface area contributed by atoms with Gasteiger partial charge in [0.1, 0.15) is 5.82 Å². The first kappa shape index (κ1) is 16.8. The summed E-state index contributed by atoms with van der Waals surface area (Å²) in [7, 11) is 0. The van der Waals surface area contributed by atoms with Crippen molar-refractivity contribution < 1.29 is 9.53 Å². The van der Waals surface area contributed by atoms with Gasteiger partial charge in [-0.3, -0.25) is 15.4 Å². The van der Waals surface area contributed by atoms with Crippen LogP contribution in [0.5, 0.6) is 0 Å². The molecule has 0 aliphatic rings. The fraction of sp³-hybridized carbons (Fsp3) is 0.294. The van der Waals surface area contributed by atoms with Crippen LogP contribution in [0.1, 0.15) is 13.8 Å². The number of nitrogens with one attached hydrogen (secondary N) is 3. The monoisotopic (exact) mass is 340 g/mol. The van der Waals surface area contributed by atoms with Crippen molar-refractivity contribution in [2.75, 3.05) is 18.5 Å². The number of rotatable bonds is 6. The van der Waals surface area contributed by atoms with Gasteiger partial charge in [-0.05, 0) is 32.0 Å². The Balaban J connectivity index is 1.66. The summed E-state index contributed by atoms with van der Waals surface area (Å²) in [6, 6.07) is 5.13. The van der Waals surface area contributed by atoms with E-state index >= 15 is 0 Å². The number of nitrogens with zero attached hydrogens (tertiary/aromatic N) is 3. The van der Waals surface area contributed by atoms with Crippen LogP contribution in [-0.2, 0) is 4.74 Å². The number of anilines is 1. The third kappa shape index (κ3) is 4.51. The molecule has 3 heterocycles. The van der Waals surface area contributed by atoms with Gasteiger partial charge in [-0.1, -0.05) is 0 Å². The first-order chi connectivity index (χ1) is 12.1. The van der Waals surface area contributed by atoms with Crippen molar-refractivity contribution in [3.05, 3.63) is 36.8 Å². The number of aromatic amines is 1. The summed E-state index contributed by atoms with van der Waals surface area (Å²) < 4.78 is 5.37. The van der Waals surface area contributed by atoms with Gasteiger partial charge in [-0.25, -0.2) is 9.78 Å². The quantitative estimate of drug-likeness (QED) is 0.598. The van der Waals surface area contributed by atoms with Gasteiger partial charge in [0.15, 0.2) is 0 Å². The van der Waals surface area contributed by atoms with Gasteiger partial charge in [0.2, 0.25) is 0 Å². The van der Waals surface area contributed by atoms with Crippen molar-refractivity contribution in [2.24, 2.45) is 0 Å². The highest BCUT2D eigenvalue weighted by atomic mass is 16.5. The minimum atomic E-state index is -0.321. The molecule has 8 nitrogen and oxygen atoms in total. The Labute approximate surface area is 145 Å². The molecular formula is C17H20N6O2. The highest BCUT2D eigenvalue weighted by Crippen LogP contribution is 2.21. The molecule has 0 unspecified atom stereocenters. The molecule has 0 aliphatic heterocycles. The zero-order valence-corrected chi connectivity index (χ0v) is 14.1. The molecule has 3 rings (SSSR count). The largest absolute Gasteiger partial charge is 0.377 e. The van der Waals surface area contributed by atoms with Gasteiger partial charge in [0.05, 0.1) is 29.9 Å². The maximum Gasteiger partial charge on any atom is 0.320 e. The average Bonchev–Trinajstić information content (AvgIpc) is 3.12. The van der Waals surface area contributed by atoms with Crippen molar-refractivity contribution in [1.29, 1.82) is 0 Å². The number of hydrogen-bond acceptors (Lipinski definition) is 5. The number of pyridine rings is 2. The van der Waals surface area contributed by atoms with E-state index in [-0.39, 0.29) is 12.1 Å². The van der Waals surface area contributed by atoms with Crippen molar-refractivity contribution >= 4 is 22.9 Å². The summed E-state index contributed by atoms with van der Waals surface area (Å²) in [5.41, 5.74) is 3.28. The first-order valence-corrected chi connectivity index (χ1v) is 8.04. The lowest BCUT2D eigenvalue weighted by molar-refractivity contribution is 0.0820. The first-order valence-electron chi connectivity index (χ1n) is 8.04. The molecule has 25 heavy (non-hydrogen) atoms. The number of fused-ring (bicyclic) bond motifs is 1. The third-order valence-corrected chi connectivity index (χ3v) is 3.45. The molecule has 0 aliphatic carbocycles. The minimum Gasteiger partial charge on any atom is -0.377 e. The number of amides is 2. The van der Waals surface area contributed by atoms with Crippen LogP contribution in [-0.4, -0.2) is 45.5 Å². The minimum absolute atomic E-state index is 0.143. The highest BCUT2D eigenvalue weighted by Gasteiger charge is 2.06. The topological polar surface area (TPSA) is 105 Å². The summed E-state index contributed by atoms with van der Waals surface area (Å²) in [6.07, 6.45) is 5.42. The molecule has 0 saturated carbocycles. The third-order valence-electron chi connectivity index (χ3n) is 3.45. The second kappa shape index (κ2) is 7.71. The number of ether oxygens (including phenoxy) is 1. The van der Waals surface area contributed by atoms with E-state index in [1.54, 1.807) is 24.7 Å². The summed E-state index contributed by atoms with van der Waals surface area (Å²) in [5.74, 6) is 0.459. The summed E-state index contributed by atoms with van der Waals surface area (Å²) in [6.45, 7) is 4.80. The smallest absolute Gasteiger partial charge is 0.320 e. The van der Waals surface area contributed by atoms with Crippen LogP contribution in [0.3, 0.4) is 0 Å². The molecular weight excluding hydrogens is 320 g/mol. The van der Waals surface area contributed by atoms with Crippen LogP contribution in [0.15, 0.2) is 36.8 Å². The Morgan fingerprint density at radius 3 is 2.88 bits per heavy atom. The van der Waals surface area contributed by atoms with E-state index in [4.69, 9.17) is 4.74 Å². The lowest BCUT2D eigenvalue weighted by Crippen LogP contribution is -2.32. The second-order valence-electron chi connectivity index (χ2n) is 5.75. The zero-order valence-electron chi connectivity index (χ0n) is 14.1. The van der Waals surface area contributed by atoms with Crippen LogP contribution >= 0.6 is 0 Å². The van der Waals surface area contributed by atoms with Gasteiger partial charge in [0, 0.05) is 30.1 Å². The summed E-state index contributed by atoms with van der Waals surface area (Å²) in [4.78, 5) is 20.7. The Hall–Kier alpha value is -3.00. The fourth-order valence-corrected chi connectivity index (χ4v) is 2.26. The van der Waals surface area contributed by atoms with Gasteiger partial charge in [0.25, 0.3) is 0 Å². The SMILES string of the molecule is CC(C)OCCNC(=O)Nc1ccc2ncc(-c3cn[nH]c3)cc2n1. The van der Waals surface area contributed by atoms with E-state index in [9.17, 15) is 4.79 Å². The molecule has 3 N–H and O–H groups in total. The van der Waals surface area contributed by atoms with Crippen LogP contribution in [0, 0.1) is 0 Å². The van der Waals surface area contributed by atoms with E-state index in [2.05, 4.69) is 30.8 Å². The predicted octanol–water partition coefficient (Wildman–Crippen LogP) is 2.57. The lowest BCUT2D eigenvalue weighted by atomic mass is 10.1. The van der Waals surface area contributed by atoms with Crippen LogP contribution in [0.25, 0.3) is 22.2 Å². The highest BCUT2D eigenvalue weighted by molar-refractivity contribution is 5.90. The molecule has 0 saturated heterocycles. The Kier molecular flexibility index (Phi) is 5.20. The normalized spacial score (nSPS) is 11.0. The fourth-order valence-electron chi connectivity index (χ4n) is 2.26. The van der Waals surface area contributed by atoms with Crippen LogP contribution < -0.4 is 10.6 Å². The van der Waals surface area contributed by atoms with E-state index in [0.717, 1.165) is 16.6 Å². The van der Waals surface area contributed by atoms with E-state index in [1.165, 1.54) is 0 Å². The molecule has 3 aromatic heterocycles. The molecule has 8 heteroatoms. The molecule has 2 amide bonds. The maximum absolute atomic E-state index is 11.9.